The van der Waals surface area contributed by atoms with Crippen molar-refractivity contribution >= 4 is 39.1 Å². The van der Waals surface area contributed by atoms with Crippen molar-refractivity contribution in [1.29, 1.82) is 0 Å². The maximum absolute atomic E-state index is 12.8. The Bertz CT molecular complexity index is 1250. The van der Waals surface area contributed by atoms with E-state index in [1.54, 1.807) is 19.1 Å². The lowest BCUT2D eigenvalue weighted by atomic mass is 10.1. The highest BCUT2D eigenvalue weighted by Gasteiger charge is 2.20. The van der Waals surface area contributed by atoms with E-state index in [2.05, 4.69) is 22.5 Å². The zero-order valence-corrected chi connectivity index (χ0v) is 19.7. The van der Waals surface area contributed by atoms with Crippen LogP contribution in [0, 0.1) is 6.92 Å². The first-order chi connectivity index (χ1) is 15.7. The number of benzene rings is 2. The van der Waals surface area contributed by atoms with Gasteiger partial charge in [0.05, 0.1) is 27.3 Å². The second-order valence-electron chi connectivity index (χ2n) is 7.35. The number of carbonyl (C=O) groups excluding carboxylic acids is 2. The number of halogens is 1. The summed E-state index contributed by atoms with van der Waals surface area (Å²) in [4.78, 5) is 24.5. The number of hydrogen-bond acceptors (Lipinski definition) is 5. The Morgan fingerprint density at radius 1 is 0.970 bits per heavy atom. The Kier molecular flexibility index (Phi) is 7.78. The van der Waals surface area contributed by atoms with Crippen LogP contribution in [0.4, 0.5) is 5.69 Å². The molecule has 0 aliphatic carbocycles. The van der Waals surface area contributed by atoms with Gasteiger partial charge in [-0.05, 0) is 61.7 Å². The van der Waals surface area contributed by atoms with Crippen LogP contribution >= 0.6 is 11.6 Å². The number of anilines is 1. The highest BCUT2D eigenvalue weighted by Crippen LogP contribution is 2.23. The SMILES string of the molecule is CCCCc1ccc(NS(=O)(=O)c2ccc(Cl)c(C(=O)NNC(=O)c3ccoc3C)c2)cc1. The van der Waals surface area contributed by atoms with E-state index in [1.165, 1.54) is 24.5 Å². The summed E-state index contributed by atoms with van der Waals surface area (Å²) in [6.07, 6.45) is 4.41. The summed E-state index contributed by atoms with van der Waals surface area (Å²) in [6, 6.07) is 12.3. The van der Waals surface area contributed by atoms with Crippen LogP contribution in [-0.2, 0) is 16.4 Å². The molecule has 0 saturated heterocycles. The molecule has 3 N–H and O–H groups in total. The summed E-state index contributed by atoms with van der Waals surface area (Å²) < 4.78 is 33.2. The van der Waals surface area contributed by atoms with Gasteiger partial charge in [-0.2, -0.15) is 0 Å². The van der Waals surface area contributed by atoms with Crippen LogP contribution in [-0.4, -0.2) is 20.2 Å². The van der Waals surface area contributed by atoms with Crippen molar-refractivity contribution in [3.05, 3.63) is 82.3 Å². The van der Waals surface area contributed by atoms with Gasteiger partial charge in [-0.3, -0.25) is 25.2 Å². The first kappa shape index (κ1) is 24.3. The molecule has 0 fully saturated rings. The fourth-order valence-electron chi connectivity index (χ4n) is 3.05. The normalized spacial score (nSPS) is 11.1. The first-order valence-corrected chi connectivity index (χ1v) is 12.1. The van der Waals surface area contributed by atoms with Crippen LogP contribution in [0.2, 0.25) is 5.02 Å². The number of rotatable bonds is 8. The Balaban J connectivity index is 1.72. The predicted molar refractivity (Wildman–Crippen MR) is 126 cm³/mol. The third kappa shape index (κ3) is 6.15. The van der Waals surface area contributed by atoms with Crippen molar-refractivity contribution in [1.82, 2.24) is 10.9 Å². The van der Waals surface area contributed by atoms with Crippen molar-refractivity contribution < 1.29 is 22.4 Å². The van der Waals surface area contributed by atoms with Crippen LogP contribution < -0.4 is 15.6 Å². The molecule has 1 aromatic heterocycles. The summed E-state index contributed by atoms with van der Waals surface area (Å²) in [5.74, 6) is -0.970. The van der Waals surface area contributed by atoms with E-state index in [1.807, 2.05) is 12.1 Å². The van der Waals surface area contributed by atoms with E-state index in [0.29, 0.717) is 11.4 Å². The van der Waals surface area contributed by atoms with Gasteiger partial charge in [0.2, 0.25) is 0 Å². The number of hydrogen-bond donors (Lipinski definition) is 3. The predicted octanol–water partition coefficient (Wildman–Crippen LogP) is 4.46. The first-order valence-electron chi connectivity index (χ1n) is 10.3. The van der Waals surface area contributed by atoms with Gasteiger partial charge >= 0.3 is 0 Å². The molecule has 0 unspecified atom stereocenters. The van der Waals surface area contributed by atoms with Gasteiger partial charge in [-0.1, -0.05) is 37.1 Å². The minimum Gasteiger partial charge on any atom is -0.469 e. The van der Waals surface area contributed by atoms with Gasteiger partial charge in [-0.15, -0.1) is 0 Å². The molecule has 0 saturated carbocycles. The van der Waals surface area contributed by atoms with E-state index in [0.717, 1.165) is 30.9 Å². The third-order valence-electron chi connectivity index (χ3n) is 4.91. The molecule has 2 aromatic carbocycles. The van der Waals surface area contributed by atoms with Crippen LogP contribution in [0.5, 0.6) is 0 Å². The molecule has 0 spiro atoms. The molecule has 3 rings (SSSR count). The lowest BCUT2D eigenvalue weighted by molar-refractivity contribution is 0.0845. The molecule has 0 aliphatic rings. The van der Waals surface area contributed by atoms with Crippen molar-refractivity contribution in [2.75, 3.05) is 4.72 Å². The maximum atomic E-state index is 12.8. The smallest absolute Gasteiger partial charge is 0.273 e. The lowest BCUT2D eigenvalue weighted by Crippen LogP contribution is -2.41. The van der Waals surface area contributed by atoms with Crippen molar-refractivity contribution in [3.63, 3.8) is 0 Å². The minimum absolute atomic E-state index is 0.0282. The third-order valence-corrected chi connectivity index (χ3v) is 6.62. The second-order valence-corrected chi connectivity index (χ2v) is 9.44. The van der Waals surface area contributed by atoms with Gasteiger partial charge in [-0.25, -0.2) is 8.42 Å². The molecule has 0 radical (unpaired) electrons. The van der Waals surface area contributed by atoms with Crippen molar-refractivity contribution in [2.24, 2.45) is 0 Å². The standard InChI is InChI=1S/C23H24ClN3O5S/c1-3-4-5-16-6-8-17(9-7-16)27-33(30,31)18-10-11-21(24)20(14-18)23(29)26-25-22(28)19-12-13-32-15(19)2/h6-14,27H,3-5H2,1-2H3,(H,25,28)(H,26,29). The molecule has 1 heterocycles. The van der Waals surface area contributed by atoms with Gasteiger partial charge in [0.1, 0.15) is 5.76 Å². The molecule has 8 nitrogen and oxygen atoms in total. The number of unbranched alkanes of at least 4 members (excludes halogenated alkanes) is 1. The van der Waals surface area contributed by atoms with E-state index >= 15 is 0 Å². The number of sulfonamides is 1. The quantitative estimate of drug-likeness (QED) is 0.404. The second kappa shape index (κ2) is 10.5. The molecule has 3 aromatic rings. The number of hydrazine groups is 1. The van der Waals surface area contributed by atoms with E-state index in [9.17, 15) is 18.0 Å². The van der Waals surface area contributed by atoms with Gasteiger partial charge < -0.3 is 4.42 Å². The number of carbonyl (C=O) groups is 2. The molecule has 33 heavy (non-hydrogen) atoms. The molecular formula is C23H24ClN3O5S. The maximum Gasteiger partial charge on any atom is 0.273 e. The van der Waals surface area contributed by atoms with Gasteiger partial charge in [0.15, 0.2) is 0 Å². The van der Waals surface area contributed by atoms with Crippen LogP contribution in [0.25, 0.3) is 0 Å². The van der Waals surface area contributed by atoms with Crippen molar-refractivity contribution in [2.45, 2.75) is 38.0 Å². The molecule has 10 heteroatoms. The highest BCUT2D eigenvalue weighted by molar-refractivity contribution is 7.92. The fraction of sp³-hybridized carbons (Fsp3) is 0.217. The summed E-state index contributed by atoms with van der Waals surface area (Å²) in [7, 11) is -3.98. The van der Waals surface area contributed by atoms with E-state index in [-0.39, 0.29) is 21.0 Å². The molecule has 0 bridgehead atoms. The number of amides is 2. The molecule has 2 amide bonds. The van der Waals surface area contributed by atoms with E-state index < -0.39 is 21.8 Å². The minimum atomic E-state index is -3.98. The Morgan fingerprint density at radius 3 is 2.24 bits per heavy atom. The topological polar surface area (TPSA) is 118 Å². The molecular weight excluding hydrogens is 466 g/mol. The summed E-state index contributed by atoms with van der Waals surface area (Å²) in [6.45, 7) is 3.71. The monoisotopic (exact) mass is 489 g/mol. The summed E-state index contributed by atoms with van der Waals surface area (Å²) >= 11 is 6.10. The molecule has 174 valence electrons. The van der Waals surface area contributed by atoms with E-state index in [4.69, 9.17) is 16.0 Å². The highest BCUT2D eigenvalue weighted by atomic mass is 35.5. The summed E-state index contributed by atoms with van der Waals surface area (Å²) in [5, 5.41) is 0.0282. The Labute approximate surface area is 197 Å². The Morgan fingerprint density at radius 2 is 1.64 bits per heavy atom. The van der Waals surface area contributed by atoms with Crippen LogP contribution in [0.15, 0.2) is 64.1 Å². The van der Waals surface area contributed by atoms with Gasteiger partial charge in [0.25, 0.3) is 21.8 Å². The summed E-state index contributed by atoms with van der Waals surface area (Å²) in [5.41, 5.74) is 6.14. The molecule has 0 atom stereocenters. The number of nitrogens with one attached hydrogen (secondary N) is 3. The van der Waals surface area contributed by atoms with Crippen molar-refractivity contribution in [3.8, 4) is 0 Å². The zero-order chi connectivity index (χ0) is 24.0. The lowest BCUT2D eigenvalue weighted by Gasteiger charge is -2.12. The molecule has 0 aliphatic heterocycles. The average Bonchev–Trinajstić information content (AvgIpc) is 3.22. The van der Waals surface area contributed by atoms with Crippen LogP contribution in [0.1, 0.15) is 51.8 Å². The van der Waals surface area contributed by atoms with Crippen LogP contribution in [0.3, 0.4) is 0 Å². The fourth-order valence-corrected chi connectivity index (χ4v) is 4.34. The Hall–Kier alpha value is -3.30. The largest absolute Gasteiger partial charge is 0.469 e. The zero-order valence-electron chi connectivity index (χ0n) is 18.1. The van der Waals surface area contributed by atoms with Gasteiger partial charge in [0, 0.05) is 5.69 Å². The number of furan rings is 1. The average molecular weight is 490 g/mol. The number of aryl methyl sites for hydroxylation is 2.